The first kappa shape index (κ1) is 15.5. The van der Waals surface area contributed by atoms with Crippen LogP contribution in [0.2, 0.25) is 5.02 Å². The topological polar surface area (TPSA) is 29.9 Å². The average Bonchev–Trinajstić information content (AvgIpc) is 2.60. The monoisotopic (exact) mass is 271 g/mol. The van der Waals surface area contributed by atoms with Crippen molar-refractivity contribution in [3.05, 3.63) is 16.9 Å². The minimum atomic E-state index is 0.0463. The second-order valence-corrected chi connectivity index (χ2v) is 6.21. The summed E-state index contributed by atoms with van der Waals surface area (Å²) in [7, 11) is 0. The molecule has 3 nitrogen and oxygen atoms in total. The molecule has 4 heteroatoms. The lowest BCUT2D eigenvalue weighted by molar-refractivity contribution is 0.402. The fourth-order valence-electron chi connectivity index (χ4n) is 2.21. The molecule has 18 heavy (non-hydrogen) atoms. The van der Waals surface area contributed by atoms with Crippen molar-refractivity contribution < 1.29 is 0 Å². The highest BCUT2D eigenvalue weighted by atomic mass is 35.5. The zero-order chi connectivity index (χ0) is 13.8. The Hall–Kier alpha value is -0.540. The summed E-state index contributed by atoms with van der Waals surface area (Å²) in [6.07, 6.45) is 3.90. The van der Waals surface area contributed by atoms with Crippen molar-refractivity contribution in [3.63, 3.8) is 0 Å². The summed E-state index contributed by atoms with van der Waals surface area (Å²) < 4.78 is 2.05. The summed E-state index contributed by atoms with van der Waals surface area (Å²) in [5.41, 5.74) is 1.21. The standard InChI is InChI=1S/C14H26ClN3/c1-6-9-18-13(12(15)10-17-18)14(4,5)7-8-16-11(2)3/h10-11,16H,6-9H2,1-5H3. The molecule has 0 unspecified atom stereocenters. The number of rotatable bonds is 7. The zero-order valence-corrected chi connectivity index (χ0v) is 13.0. The fraction of sp³-hybridized carbons (Fsp3) is 0.786. The van der Waals surface area contributed by atoms with Crippen LogP contribution in [0.25, 0.3) is 0 Å². The van der Waals surface area contributed by atoms with E-state index >= 15 is 0 Å². The van der Waals surface area contributed by atoms with E-state index in [1.54, 1.807) is 6.20 Å². The van der Waals surface area contributed by atoms with Crippen molar-refractivity contribution in [2.24, 2.45) is 0 Å². The molecule has 0 fully saturated rings. The highest BCUT2D eigenvalue weighted by molar-refractivity contribution is 6.31. The molecule has 1 aromatic rings. The first-order valence-electron chi connectivity index (χ1n) is 6.83. The van der Waals surface area contributed by atoms with Gasteiger partial charge in [-0.05, 0) is 19.4 Å². The van der Waals surface area contributed by atoms with E-state index in [0.29, 0.717) is 6.04 Å². The molecule has 1 aromatic heterocycles. The van der Waals surface area contributed by atoms with Gasteiger partial charge in [0, 0.05) is 18.0 Å². The molecule has 0 amide bonds. The van der Waals surface area contributed by atoms with Gasteiger partial charge in [-0.2, -0.15) is 5.10 Å². The molecule has 0 aliphatic rings. The molecule has 1 rings (SSSR count). The maximum atomic E-state index is 6.30. The predicted molar refractivity (Wildman–Crippen MR) is 78.3 cm³/mol. The molecule has 1 heterocycles. The van der Waals surface area contributed by atoms with E-state index in [1.165, 1.54) is 0 Å². The predicted octanol–water partition coefficient (Wildman–Crippen LogP) is 3.61. The van der Waals surface area contributed by atoms with Gasteiger partial charge in [-0.15, -0.1) is 0 Å². The third-order valence-corrected chi connectivity index (χ3v) is 3.45. The van der Waals surface area contributed by atoms with Crippen LogP contribution in [0.4, 0.5) is 0 Å². The van der Waals surface area contributed by atoms with Crippen molar-refractivity contribution >= 4 is 11.6 Å². The van der Waals surface area contributed by atoms with Crippen molar-refractivity contribution in [2.75, 3.05) is 6.54 Å². The Kier molecular flexibility index (Phi) is 5.67. The van der Waals surface area contributed by atoms with Crippen LogP contribution in [-0.2, 0) is 12.0 Å². The smallest absolute Gasteiger partial charge is 0.0823 e. The average molecular weight is 272 g/mol. The molecule has 0 saturated heterocycles. The van der Waals surface area contributed by atoms with Gasteiger partial charge in [0.05, 0.1) is 16.9 Å². The largest absolute Gasteiger partial charge is 0.314 e. The molecule has 1 N–H and O–H groups in total. The summed E-state index contributed by atoms with van der Waals surface area (Å²) in [6.45, 7) is 12.9. The Bertz CT molecular complexity index is 369. The Morgan fingerprint density at radius 1 is 1.44 bits per heavy atom. The second-order valence-electron chi connectivity index (χ2n) is 5.81. The number of halogens is 1. The van der Waals surface area contributed by atoms with Gasteiger partial charge in [-0.25, -0.2) is 0 Å². The molecule has 0 aliphatic carbocycles. The highest BCUT2D eigenvalue weighted by Crippen LogP contribution is 2.32. The van der Waals surface area contributed by atoms with Crippen molar-refractivity contribution in [1.29, 1.82) is 0 Å². The summed E-state index contributed by atoms with van der Waals surface area (Å²) in [6, 6.07) is 0.525. The SMILES string of the molecule is CCCn1ncc(Cl)c1C(C)(C)CCNC(C)C. The lowest BCUT2D eigenvalue weighted by Crippen LogP contribution is -2.31. The van der Waals surface area contributed by atoms with Gasteiger partial charge in [0.2, 0.25) is 0 Å². The maximum Gasteiger partial charge on any atom is 0.0823 e. The Labute approximate surface area is 116 Å². The highest BCUT2D eigenvalue weighted by Gasteiger charge is 2.27. The van der Waals surface area contributed by atoms with Gasteiger partial charge in [0.1, 0.15) is 0 Å². The third kappa shape index (κ3) is 3.99. The lowest BCUT2D eigenvalue weighted by Gasteiger charge is -2.27. The number of aryl methyl sites for hydroxylation is 1. The number of aromatic nitrogens is 2. The first-order valence-corrected chi connectivity index (χ1v) is 7.21. The van der Waals surface area contributed by atoms with Crippen LogP contribution in [0.1, 0.15) is 53.2 Å². The molecule has 0 bridgehead atoms. The van der Waals surface area contributed by atoms with Crippen LogP contribution >= 0.6 is 11.6 Å². The van der Waals surface area contributed by atoms with Gasteiger partial charge in [-0.3, -0.25) is 4.68 Å². The van der Waals surface area contributed by atoms with Gasteiger partial charge in [0.15, 0.2) is 0 Å². The van der Waals surface area contributed by atoms with E-state index in [1.807, 2.05) is 0 Å². The minimum Gasteiger partial charge on any atom is -0.314 e. The van der Waals surface area contributed by atoms with Gasteiger partial charge in [0.25, 0.3) is 0 Å². The van der Waals surface area contributed by atoms with E-state index < -0.39 is 0 Å². The van der Waals surface area contributed by atoms with Crippen LogP contribution in [0.15, 0.2) is 6.20 Å². The van der Waals surface area contributed by atoms with E-state index in [9.17, 15) is 0 Å². The summed E-state index contributed by atoms with van der Waals surface area (Å²) >= 11 is 6.30. The minimum absolute atomic E-state index is 0.0463. The molecule has 0 saturated carbocycles. The second kappa shape index (κ2) is 6.58. The number of nitrogens with one attached hydrogen (secondary N) is 1. The Morgan fingerprint density at radius 3 is 2.67 bits per heavy atom. The summed E-state index contributed by atoms with van der Waals surface area (Å²) in [5.74, 6) is 0. The summed E-state index contributed by atoms with van der Waals surface area (Å²) in [5, 5.41) is 8.63. The van der Waals surface area contributed by atoms with Crippen LogP contribution < -0.4 is 5.32 Å². The Morgan fingerprint density at radius 2 is 2.11 bits per heavy atom. The van der Waals surface area contributed by atoms with Gasteiger partial charge >= 0.3 is 0 Å². The molecule has 0 atom stereocenters. The van der Waals surface area contributed by atoms with Crippen LogP contribution in [0.5, 0.6) is 0 Å². The van der Waals surface area contributed by atoms with E-state index in [4.69, 9.17) is 11.6 Å². The van der Waals surface area contributed by atoms with Gasteiger partial charge < -0.3 is 5.32 Å². The molecule has 0 aromatic carbocycles. The number of hydrogen-bond donors (Lipinski definition) is 1. The van der Waals surface area contributed by atoms with Crippen molar-refractivity contribution in [1.82, 2.24) is 15.1 Å². The molecule has 0 aliphatic heterocycles. The summed E-state index contributed by atoms with van der Waals surface area (Å²) in [4.78, 5) is 0. The number of nitrogens with zero attached hydrogens (tertiary/aromatic N) is 2. The molecule has 0 radical (unpaired) electrons. The lowest BCUT2D eigenvalue weighted by atomic mass is 9.85. The molecule has 104 valence electrons. The van der Waals surface area contributed by atoms with Crippen LogP contribution in [0.3, 0.4) is 0 Å². The van der Waals surface area contributed by atoms with Crippen molar-refractivity contribution in [3.8, 4) is 0 Å². The van der Waals surface area contributed by atoms with E-state index in [0.717, 1.165) is 36.6 Å². The maximum absolute atomic E-state index is 6.30. The van der Waals surface area contributed by atoms with Crippen LogP contribution in [0, 0.1) is 0 Å². The van der Waals surface area contributed by atoms with Crippen LogP contribution in [-0.4, -0.2) is 22.4 Å². The molecule has 0 spiro atoms. The first-order chi connectivity index (χ1) is 8.38. The third-order valence-electron chi connectivity index (χ3n) is 3.17. The van der Waals surface area contributed by atoms with E-state index in [2.05, 4.69) is 49.7 Å². The molecular weight excluding hydrogens is 246 g/mol. The van der Waals surface area contributed by atoms with E-state index in [-0.39, 0.29) is 5.41 Å². The normalized spacial score (nSPS) is 12.4. The van der Waals surface area contributed by atoms with Gasteiger partial charge in [-0.1, -0.05) is 46.2 Å². The Balaban J connectivity index is 2.79. The van der Waals surface area contributed by atoms with Crippen molar-refractivity contribution in [2.45, 2.75) is 65.5 Å². The number of hydrogen-bond acceptors (Lipinski definition) is 2. The zero-order valence-electron chi connectivity index (χ0n) is 12.3. The quantitative estimate of drug-likeness (QED) is 0.821. The fourth-order valence-corrected chi connectivity index (χ4v) is 2.61. The molecular formula is C14H26ClN3.